The van der Waals surface area contributed by atoms with Crippen molar-refractivity contribution >= 4 is 28.7 Å². The van der Waals surface area contributed by atoms with E-state index < -0.39 is 102 Å². The largest absolute Gasteiger partial charge is 0.394 e. The van der Waals surface area contributed by atoms with E-state index in [1.54, 1.807) is 0 Å². The molecule has 3 aromatic rings. The van der Waals surface area contributed by atoms with Gasteiger partial charge in [0, 0.05) is 35.0 Å². The molecular weight excluding hydrogens is 487 g/mol. The molecule has 2 heterocycles. The van der Waals surface area contributed by atoms with E-state index in [1.165, 1.54) is 19.1 Å². The van der Waals surface area contributed by atoms with Crippen molar-refractivity contribution in [3.05, 3.63) is 35.1 Å². The first-order valence-corrected chi connectivity index (χ1v) is 11.2. The number of thioether (sulfide) groups is 1. The molecule has 2 aliphatic carbocycles. The van der Waals surface area contributed by atoms with E-state index in [4.69, 9.17) is 21.9 Å². The Morgan fingerprint density at radius 1 is 1.33 bits per heavy atom. The number of fused-ring (bicyclic) bond motifs is 1. The minimum Gasteiger partial charge on any atom is -0.394 e. The monoisotopic (exact) mass is 534 g/mol. The highest BCUT2D eigenvalue weighted by Gasteiger charge is 2.45. The number of aliphatic hydroxyl groups is 3. The van der Waals surface area contributed by atoms with Crippen LogP contribution in [0.25, 0.3) is 11.2 Å². The molecule has 36 heavy (non-hydrogen) atoms. The molecule has 0 bridgehead atoms. The molecule has 194 valence electrons. The third-order valence-electron chi connectivity index (χ3n) is 5.26. The first-order chi connectivity index (χ1) is 23.1. The molecule has 2 fully saturated rings. The fourth-order valence-electron chi connectivity index (χ4n) is 3.44. The van der Waals surface area contributed by atoms with Gasteiger partial charge in [0.1, 0.15) is 18.0 Å². The minimum absolute atomic E-state index is 0.0287. The summed E-state index contributed by atoms with van der Waals surface area (Å²) in [5, 5.41) is 41.3. The number of benzene rings is 1. The molecule has 2 aliphatic rings. The van der Waals surface area contributed by atoms with E-state index in [-0.39, 0.29) is 27.6 Å². The minimum atomic E-state index is -4.41. The van der Waals surface area contributed by atoms with Crippen molar-refractivity contribution in [3.63, 3.8) is 0 Å². The average molecular weight is 535 g/mol. The van der Waals surface area contributed by atoms with Crippen molar-refractivity contribution in [2.45, 2.75) is 74.3 Å². The third-order valence-corrected chi connectivity index (χ3v) is 5.93. The molecule has 0 aliphatic heterocycles. The van der Waals surface area contributed by atoms with Crippen LogP contribution in [0.1, 0.15) is 71.0 Å². The number of halogens is 1. The van der Waals surface area contributed by atoms with Gasteiger partial charge in [0.25, 0.3) is 0 Å². The van der Waals surface area contributed by atoms with E-state index in [0.717, 1.165) is 13.0 Å². The van der Waals surface area contributed by atoms with Crippen LogP contribution >= 0.6 is 11.8 Å². The van der Waals surface area contributed by atoms with Crippen LogP contribution in [-0.2, 0) is 4.74 Å². The molecule has 1 aromatic carbocycles. The molecule has 2 saturated carbocycles. The lowest BCUT2D eigenvalue weighted by Gasteiger charge is -2.17. The number of nitrogens with zero attached hydrogens (tertiary/aromatic N) is 5. The van der Waals surface area contributed by atoms with Crippen molar-refractivity contribution in [2.24, 2.45) is 0 Å². The Kier molecular flexibility index (Phi) is 3.64. The van der Waals surface area contributed by atoms with Crippen LogP contribution in [0.2, 0.25) is 0 Å². The number of aromatic nitrogens is 5. The lowest BCUT2D eigenvalue weighted by molar-refractivity contribution is -0.0629. The maximum absolute atomic E-state index is 14.4. The van der Waals surface area contributed by atoms with Crippen LogP contribution < -0.4 is 5.32 Å². The normalized spacial score (nSPS) is 46.7. The maximum Gasteiger partial charge on any atom is 0.191 e. The van der Waals surface area contributed by atoms with Crippen LogP contribution in [-0.4, -0.2) is 83.4 Å². The molecule has 4 N–H and O–H groups in total. The summed E-state index contributed by atoms with van der Waals surface area (Å²) in [5.41, 5.74) is -3.82. The maximum atomic E-state index is 14.4. The van der Waals surface area contributed by atoms with Gasteiger partial charge >= 0.3 is 0 Å². The smallest absolute Gasteiger partial charge is 0.191 e. The van der Waals surface area contributed by atoms with Gasteiger partial charge in [-0.05, 0) is 36.9 Å². The Hall–Kier alpha value is -2.38. The number of ether oxygens (including phenoxy) is 1. The van der Waals surface area contributed by atoms with Crippen LogP contribution in [0.3, 0.4) is 0 Å². The Balaban J connectivity index is 1.72. The van der Waals surface area contributed by atoms with Crippen molar-refractivity contribution in [1.29, 1.82) is 0 Å². The van der Waals surface area contributed by atoms with Crippen LogP contribution in [0, 0.1) is 12.7 Å². The number of aryl methyl sites for hydroxylation is 1. The van der Waals surface area contributed by atoms with Gasteiger partial charge in [0.2, 0.25) is 0 Å². The summed E-state index contributed by atoms with van der Waals surface area (Å²) in [6.45, 7) is -5.79. The van der Waals surface area contributed by atoms with Crippen LogP contribution in [0.4, 0.5) is 10.2 Å². The second-order valence-corrected chi connectivity index (χ2v) is 8.35. The zero-order valence-electron chi connectivity index (χ0n) is 34.7. The fraction of sp³-hybridized carbons (Fsp3) is 0.583. The second kappa shape index (κ2) is 10.5. The van der Waals surface area contributed by atoms with Crippen molar-refractivity contribution in [2.75, 3.05) is 24.1 Å². The topological polar surface area (TPSA) is 138 Å². The molecular formula is C24H31FN6O4S. The van der Waals surface area contributed by atoms with E-state index in [0.29, 0.717) is 0 Å². The third kappa shape index (κ3) is 4.92. The number of hydrogen-bond acceptors (Lipinski definition) is 10. The summed E-state index contributed by atoms with van der Waals surface area (Å²) in [4.78, 5) is 8.11. The highest BCUT2D eigenvalue weighted by Crippen LogP contribution is 2.44. The van der Waals surface area contributed by atoms with Crippen molar-refractivity contribution < 1.29 is 46.4 Å². The molecule has 6 atom stereocenters. The zero-order chi connectivity index (χ0) is 39.8. The zero-order valence-corrected chi connectivity index (χ0v) is 19.5. The fourth-order valence-corrected chi connectivity index (χ4v) is 3.90. The number of nitrogens with one attached hydrogen (secondary N) is 1. The van der Waals surface area contributed by atoms with Gasteiger partial charge in [0.15, 0.2) is 22.1 Å². The summed E-state index contributed by atoms with van der Waals surface area (Å²) in [5.74, 6) is -2.16. The lowest BCUT2D eigenvalue weighted by atomic mass is 10.1. The van der Waals surface area contributed by atoms with Gasteiger partial charge in [-0.1, -0.05) is 36.0 Å². The molecule has 0 amide bonds. The van der Waals surface area contributed by atoms with E-state index in [2.05, 4.69) is 30.3 Å². The predicted molar refractivity (Wildman–Crippen MR) is 133 cm³/mol. The SMILES string of the molecule is [2H]C1([2H])[C@@H](Nc2nc(SC([2H])([2H])C([2H])([2H])C)nc3c2nnn3[C@]2([2H])C([2H])([2H])[C@]([2H])(OC([2H])([2H])C([2H])([2H])O)[C@@]([2H])(O)[C@@]2([2H])O)[C@@H]1c1ccc(C)c(F)c1. The number of hydrogen-bond donors (Lipinski definition) is 4. The molecule has 0 spiro atoms. The molecule has 2 aromatic heterocycles. The highest BCUT2D eigenvalue weighted by molar-refractivity contribution is 7.99. The molecule has 0 unspecified atom stereocenters. The average Bonchev–Trinajstić information content (AvgIpc) is 3.24. The molecule has 0 radical (unpaired) electrons. The van der Waals surface area contributed by atoms with E-state index >= 15 is 0 Å². The molecule has 5 rings (SSSR count). The Morgan fingerprint density at radius 2 is 2.17 bits per heavy atom. The van der Waals surface area contributed by atoms with Gasteiger partial charge in [0.05, 0.1) is 36.2 Å². The second-order valence-electron chi connectivity index (χ2n) is 7.57. The summed E-state index contributed by atoms with van der Waals surface area (Å²) in [7, 11) is 0. The quantitative estimate of drug-likeness (QED) is 0.226. The van der Waals surface area contributed by atoms with Crippen molar-refractivity contribution in [3.8, 4) is 0 Å². The highest BCUT2D eigenvalue weighted by atomic mass is 32.2. The van der Waals surface area contributed by atoms with E-state index in [1.807, 2.05) is 0 Å². The Bertz CT molecular complexity index is 1930. The van der Waals surface area contributed by atoms with Gasteiger partial charge in [-0.15, -0.1) is 5.10 Å². The predicted octanol–water partition coefficient (Wildman–Crippen LogP) is 2.18. The summed E-state index contributed by atoms with van der Waals surface area (Å²) < 4.78 is 150. The summed E-state index contributed by atoms with van der Waals surface area (Å²) in [6.07, 6.45) is -22.0. The van der Waals surface area contributed by atoms with Crippen LogP contribution in [0.5, 0.6) is 0 Å². The summed E-state index contributed by atoms with van der Waals surface area (Å²) in [6, 6.07) is -1.23. The van der Waals surface area contributed by atoms with Gasteiger partial charge < -0.3 is 25.4 Å². The van der Waals surface area contributed by atoms with Gasteiger partial charge in [-0.2, -0.15) is 0 Å². The van der Waals surface area contributed by atoms with Crippen LogP contribution in [0.15, 0.2) is 23.4 Å². The molecule has 0 saturated heterocycles. The Morgan fingerprint density at radius 3 is 2.92 bits per heavy atom. The van der Waals surface area contributed by atoms with E-state index in [9.17, 15) is 19.7 Å². The van der Waals surface area contributed by atoms with Crippen molar-refractivity contribution in [1.82, 2.24) is 25.0 Å². The number of anilines is 1. The van der Waals surface area contributed by atoms with Gasteiger partial charge in [-0.25, -0.2) is 19.0 Å². The first-order valence-electron chi connectivity index (χ1n) is 18.4. The molecule has 12 heteroatoms. The number of rotatable bonds is 10. The lowest BCUT2D eigenvalue weighted by Crippen LogP contribution is -2.33. The first kappa shape index (κ1) is 12.4. The molecule has 10 nitrogen and oxygen atoms in total. The Labute approximate surface area is 234 Å². The summed E-state index contributed by atoms with van der Waals surface area (Å²) >= 11 is 0.0458. The van der Waals surface area contributed by atoms with Gasteiger partial charge in [-0.3, -0.25) is 0 Å². The standard InChI is InChI=1S/C24H31FN6O4S/c1-3-8-36-24-27-22(26-16-10-14(16)13-5-4-12(2)15(25)9-13)19-23(28-24)31(30-29-19)17-11-18(35-7-6-32)21(34)20(17)33/h4-5,9,14,16-18,20-21,32-34H,3,6-8,10-11H2,1-2H3,(H,26,27,28)/t14-,16+,17+,18-,20-,21+/m0/s1/i3D2,6D2,7D2,8D2,10D2,11D2,17D,18D,20D,21D.